The molecule has 0 saturated carbocycles. The van der Waals surface area contributed by atoms with E-state index in [4.69, 9.17) is 4.74 Å². The molecule has 1 aromatic heterocycles. The van der Waals surface area contributed by atoms with Gasteiger partial charge < -0.3 is 4.74 Å². The van der Waals surface area contributed by atoms with E-state index in [2.05, 4.69) is 10.9 Å². The Morgan fingerprint density at radius 1 is 1.24 bits per heavy atom. The van der Waals surface area contributed by atoms with E-state index in [9.17, 15) is 9.59 Å². The topological polar surface area (TPSA) is 67.4 Å². The number of ether oxygens (including phenoxy) is 1. The zero-order valence-corrected chi connectivity index (χ0v) is 12.9. The molecular weight excluding hydrogens is 308 g/mol. The van der Waals surface area contributed by atoms with Crippen LogP contribution >= 0.6 is 23.1 Å². The molecule has 2 aromatic rings. The average Bonchev–Trinajstić information content (AvgIpc) is 3.05. The van der Waals surface area contributed by atoms with Gasteiger partial charge in [-0.25, -0.2) is 0 Å². The molecular formula is C14H14N2O3S2. The summed E-state index contributed by atoms with van der Waals surface area (Å²) in [6.07, 6.45) is 0. The molecule has 2 rings (SSSR count). The number of methoxy groups -OCH3 is 1. The average molecular weight is 322 g/mol. The molecule has 0 saturated heterocycles. The summed E-state index contributed by atoms with van der Waals surface area (Å²) in [4.78, 5) is 24.8. The van der Waals surface area contributed by atoms with Gasteiger partial charge in [0.2, 0.25) is 5.91 Å². The van der Waals surface area contributed by atoms with Gasteiger partial charge in [0.1, 0.15) is 5.75 Å². The van der Waals surface area contributed by atoms with Crippen molar-refractivity contribution in [2.24, 2.45) is 0 Å². The Bertz CT molecular complexity index is 614. The van der Waals surface area contributed by atoms with Gasteiger partial charge >= 0.3 is 0 Å². The number of amides is 2. The molecule has 110 valence electrons. The Kier molecular flexibility index (Phi) is 5.65. The Labute approximate surface area is 130 Å². The van der Waals surface area contributed by atoms with Crippen molar-refractivity contribution in [3.63, 3.8) is 0 Å². The van der Waals surface area contributed by atoms with E-state index in [1.807, 2.05) is 24.3 Å². The van der Waals surface area contributed by atoms with Crippen LogP contribution in [0.3, 0.4) is 0 Å². The SMILES string of the molecule is COc1cccc(SCC(=O)NNC(=O)c2cccs2)c1. The summed E-state index contributed by atoms with van der Waals surface area (Å²) in [5.41, 5.74) is 4.76. The molecule has 2 amide bonds. The molecule has 1 aromatic carbocycles. The monoisotopic (exact) mass is 322 g/mol. The van der Waals surface area contributed by atoms with Gasteiger partial charge in [0.15, 0.2) is 0 Å². The van der Waals surface area contributed by atoms with Gasteiger partial charge in [0.25, 0.3) is 5.91 Å². The number of rotatable bonds is 5. The van der Waals surface area contributed by atoms with Gasteiger partial charge in [0.05, 0.1) is 17.7 Å². The van der Waals surface area contributed by atoms with Crippen molar-refractivity contribution in [2.75, 3.05) is 12.9 Å². The number of thioether (sulfide) groups is 1. The lowest BCUT2D eigenvalue weighted by molar-refractivity contribution is -0.119. The van der Waals surface area contributed by atoms with Crippen molar-refractivity contribution in [1.82, 2.24) is 10.9 Å². The van der Waals surface area contributed by atoms with E-state index in [-0.39, 0.29) is 17.6 Å². The van der Waals surface area contributed by atoms with Crippen molar-refractivity contribution in [3.05, 3.63) is 46.7 Å². The molecule has 0 aliphatic heterocycles. The highest BCUT2D eigenvalue weighted by Crippen LogP contribution is 2.22. The van der Waals surface area contributed by atoms with Gasteiger partial charge in [-0.05, 0) is 29.6 Å². The summed E-state index contributed by atoms with van der Waals surface area (Å²) < 4.78 is 5.11. The number of nitrogens with one attached hydrogen (secondary N) is 2. The summed E-state index contributed by atoms with van der Waals surface area (Å²) in [5, 5.41) is 1.80. The number of hydrogen-bond donors (Lipinski definition) is 2. The third-order valence-electron chi connectivity index (χ3n) is 2.47. The van der Waals surface area contributed by atoms with Crippen LogP contribution in [0, 0.1) is 0 Å². The Morgan fingerprint density at radius 2 is 2.10 bits per heavy atom. The highest BCUT2D eigenvalue weighted by molar-refractivity contribution is 8.00. The first kappa shape index (κ1) is 15.4. The number of carbonyl (C=O) groups is 2. The minimum atomic E-state index is -0.315. The minimum absolute atomic E-state index is 0.206. The highest BCUT2D eigenvalue weighted by atomic mass is 32.2. The third-order valence-corrected chi connectivity index (χ3v) is 4.33. The normalized spacial score (nSPS) is 9.95. The number of hydrogen-bond acceptors (Lipinski definition) is 5. The second-order valence-corrected chi connectivity index (χ2v) is 5.94. The van der Waals surface area contributed by atoms with Crippen molar-refractivity contribution in [2.45, 2.75) is 4.90 Å². The zero-order valence-electron chi connectivity index (χ0n) is 11.3. The van der Waals surface area contributed by atoms with Gasteiger partial charge in [-0.1, -0.05) is 12.1 Å². The molecule has 7 heteroatoms. The smallest absolute Gasteiger partial charge is 0.279 e. The zero-order chi connectivity index (χ0) is 15.1. The molecule has 5 nitrogen and oxygen atoms in total. The molecule has 0 unspecified atom stereocenters. The van der Waals surface area contributed by atoms with E-state index in [1.165, 1.54) is 23.1 Å². The molecule has 0 bridgehead atoms. The first-order valence-electron chi connectivity index (χ1n) is 6.08. The second kappa shape index (κ2) is 7.70. The van der Waals surface area contributed by atoms with Crippen LogP contribution in [0.2, 0.25) is 0 Å². The maximum atomic E-state index is 11.7. The number of thiophene rings is 1. The lowest BCUT2D eigenvalue weighted by atomic mass is 10.3. The van der Waals surface area contributed by atoms with Gasteiger partial charge in [0, 0.05) is 4.90 Å². The predicted octanol–water partition coefficient (Wildman–Crippen LogP) is 2.31. The van der Waals surface area contributed by atoms with Gasteiger partial charge in [-0.2, -0.15) is 0 Å². The van der Waals surface area contributed by atoms with E-state index in [0.29, 0.717) is 4.88 Å². The Hall–Kier alpha value is -1.99. The first-order valence-corrected chi connectivity index (χ1v) is 7.95. The predicted molar refractivity (Wildman–Crippen MR) is 83.6 cm³/mol. The third kappa shape index (κ3) is 4.80. The van der Waals surface area contributed by atoms with Crippen LogP contribution in [0.4, 0.5) is 0 Å². The standard InChI is InChI=1S/C14H14N2O3S2/c1-19-10-4-2-5-11(8-10)21-9-13(17)15-16-14(18)12-6-3-7-20-12/h2-8H,9H2,1H3,(H,15,17)(H,16,18). The quantitative estimate of drug-likeness (QED) is 0.655. The summed E-state index contributed by atoms with van der Waals surface area (Å²) in [6.45, 7) is 0. The minimum Gasteiger partial charge on any atom is -0.497 e. The fourth-order valence-corrected chi connectivity index (χ4v) is 2.83. The summed E-state index contributed by atoms with van der Waals surface area (Å²) in [7, 11) is 1.59. The molecule has 0 spiro atoms. The van der Waals surface area contributed by atoms with Crippen LogP contribution in [-0.2, 0) is 4.79 Å². The fourth-order valence-electron chi connectivity index (χ4n) is 1.47. The van der Waals surface area contributed by atoms with Crippen molar-refractivity contribution >= 4 is 34.9 Å². The van der Waals surface area contributed by atoms with E-state index in [1.54, 1.807) is 24.6 Å². The second-order valence-electron chi connectivity index (χ2n) is 3.95. The maximum Gasteiger partial charge on any atom is 0.279 e. The molecule has 0 radical (unpaired) electrons. The molecule has 21 heavy (non-hydrogen) atoms. The summed E-state index contributed by atoms with van der Waals surface area (Å²) in [5.74, 6) is 0.363. The van der Waals surface area contributed by atoms with Crippen LogP contribution in [-0.4, -0.2) is 24.7 Å². The number of benzene rings is 1. The lowest BCUT2D eigenvalue weighted by Gasteiger charge is -2.07. The molecule has 2 N–H and O–H groups in total. The highest BCUT2D eigenvalue weighted by Gasteiger charge is 2.08. The van der Waals surface area contributed by atoms with Crippen LogP contribution in [0.15, 0.2) is 46.7 Å². The molecule has 0 aliphatic carbocycles. The van der Waals surface area contributed by atoms with Crippen LogP contribution in [0.5, 0.6) is 5.75 Å². The van der Waals surface area contributed by atoms with E-state index >= 15 is 0 Å². The number of hydrazine groups is 1. The molecule has 1 heterocycles. The summed E-state index contributed by atoms with van der Waals surface area (Å²) >= 11 is 2.68. The Balaban J connectivity index is 1.75. The Morgan fingerprint density at radius 3 is 2.81 bits per heavy atom. The molecule has 0 atom stereocenters. The maximum absolute atomic E-state index is 11.7. The molecule has 0 fully saturated rings. The van der Waals surface area contributed by atoms with Gasteiger partial charge in [-0.3, -0.25) is 20.4 Å². The lowest BCUT2D eigenvalue weighted by Crippen LogP contribution is -2.42. The summed E-state index contributed by atoms with van der Waals surface area (Å²) in [6, 6.07) is 10.9. The molecule has 0 aliphatic rings. The number of carbonyl (C=O) groups excluding carboxylic acids is 2. The van der Waals surface area contributed by atoms with Crippen LogP contribution in [0.25, 0.3) is 0 Å². The van der Waals surface area contributed by atoms with Crippen molar-refractivity contribution in [3.8, 4) is 5.75 Å². The van der Waals surface area contributed by atoms with Crippen molar-refractivity contribution in [1.29, 1.82) is 0 Å². The largest absolute Gasteiger partial charge is 0.497 e. The van der Waals surface area contributed by atoms with Gasteiger partial charge in [-0.15, -0.1) is 23.1 Å². The van der Waals surface area contributed by atoms with Crippen LogP contribution in [0.1, 0.15) is 9.67 Å². The van der Waals surface area contributed by atoms with Crippen LogP contribution < -0.4 is 15.6 Å². The van der Waals surface area contributed by atoms with E-state index < -0.39 is 0 Å². The van der Waals surface area contributed by atoms with Crippen molar-refractivity contribution < 1.29 is 14.3 Å². The fraction of sp³-hybridized carbons (Fsp3) is 0.143. The first-order chi connectivity index (χ1) is 10.2. The van der Waals surface area contributed by atoms with E-state index in [0.717, 1.165) is 10.6 Å².